The highest BCUT2D eigenvalue weighted by Gasteiger charge is 2.22. The normalized spacial score (nSPS) is 20.6. The lowest BCUT2D eigenvalue weighted by Crippen LogP contribution is -1.97. The second-order valence-electron chi connectivity index (χ2n) is 5.01. The van der Waals surface area contributed by atoms with Crippen molar-refractivity contribution >= 4 is 0 Å². The van der Waals surface area contributed by atoms with Crippen molar-refractivity contribution < 1.29 is 4.74 Å². The molecule has 0 N–H and O–H groups in total. The fraction of sp³-hybridized carbons (Fsp3) is 0.412. The van der Waals surface area contributed by atoms with Crippen LogP contribution in [-0.4, -0.2) is 6.61 Å². The van der Waals surface area contributed by atoms with Crippen LogP contribution in [0.4, 0.5) is 0 Å². The Bertz CT molecular complexity index is 417. The molecule has 0 aliphatic heterocycles. The van der Waals surface area contributed by atoms with E-state index in [1.807, 2.05) is 6.08 Å². The minimum Gasteiger partial charge on any atom is -0.489 e. The molecule has 2 rings (SSSR count). The zero-order chi connectivity index (χ0) is 12.8. The molecule has 1 saturated carbocycles. The Morgan fingerprint density at radius 1 is 1.39 bits per heavy atom. The lowest BCUT2D eigenvalue weighted by Gasteiger charge is -2.09. The van der Waals surface area contributed by atoms with Crippen molar-refractivity contribution in [3.8, 4) is 0 Å². The van der Waals surface area contributed by atoms with E-state index in [1.54, 1.807) is 6.08 Å². The van der Waals surface area contributed by atoms with E-state index in [4.69, 9.17) is 4.74 Å². The van der Waals surface area contributed by atoms with Crippen LogP contribution >= 0.6 is 0 Å². The highest BCUT2D eigenvalue weighted by atomic mass is 16.5. The summed E-state index contributed by atoms with van der Waals surface area (Å²) in [5.41, 5.74) is 2.71. The smallest absolute Gasteiger partial charge is 0.119 e. The fourth-order valence-corrected chi connectivity index (χ4v) is 2.00. The number of hydrogen-bond acceptors (Lipinski definition) is 1. The Morgan fingerprint density at radius 3 is 2.83 bits per heavy atom. The zero-order valence-electron chi connectivity index (χ0n) is 11.2. The molecule has 0 heterocycles. The summed E-state index contributed by atoms with van der Waals surface area (Å²) in [6.07, 6.45) is 17.5. The molecule has 1 heteroatoms. The lowest BCUT2D eigenvalue weighted by molar-refractivity contribution is 0.255. The van der Waals surface area contributed by atoms with Gasteiger partial charge in [-0.2, -0.15) is 0 Å². The van der Waals surface area contributed by atoms with Gasteiger partial charge in [0, 0.05) is 0 Å². The van der Waals surface area contributed by atoms with E-state index in [0.29, 0.717) is 6.61 Å². The predicted molar refractivity (Wildman–Crippen MR) is 77.2 cm³/mol. The Balaban J connectivity index is 1.86. The topological polar surface area (TPSA) is 9.23 Å². The van der Waals surface area contributed by atoms with E-state index in [1.165, 1.54) is 24.0 Å². The van der Waals surface area contributed by atoms with Crippen molar-refractivity contribution in [2.24, 2.45) is 5.92 Å². The van der Waals surface area contributed by atoms with Gasteiger partial charge in [0.15, 0.2) is 0 Å². The van der Waals surface area contributed by atoms with Crippen LogP contribution in [0.3, 0.4) is 0 Å². The lowest BCUT2D eigenvalue weighted by atomic mass is 10.1. The molecule has 18 heavy (non-hydrogen) atoms. The van der Waals surface area contributed by atoms with Gasteiger partial charge in [0.1, 0.15) is 12.4 Å². The summed E-state index contributed by atoms with van der Waals surface area (Å²) in [5.74, 6) is 1.67. The van der Waals surface area contributed by atoms with E-state index in [0.717, 1.165) is 24.5 Å². The first-order valence-corrected chi connectivity index (χ1v) is 6.79. The highest BCUT2D eigenvalue weighted by molar-refractivity contribution is 5.25. The first-order chi connectivity index (χ1) is 8.79. The van der Waals surface area contributed by atoms with Crippen molar-refractivity contribution in [3.63, 3.8) is 0 Å². The van der Waals surface area contributed by atoms with E-state index < -0.39 is 0 Å². The van der Waals surface area contributed by atoms with E-state index in [-0.39, 0.29) is 0 Å². The van der Waals surface area contributed by atoms with Crippen LogP contribution < -0.4 is 0 Å². The van der Waals surface area contributed by atoms with Crippen LogP contribution in [0.2, 0.25) is 0 Å². The molecule has 1 fully saturated rings. The fourth-order valence-electron chi connectivity index (χ4n) is 2.00. The molecule has 1 nitrogen and oxygen atoms in total. The van der Waals surface area contributed by atoms with Gasteiger partial charge in [-0.05, 0) is 56.3 Å². The molecule has 0 spiro atoms. The summed E-state index contributed by atoms with van der Waals surface area (Å²) >= 11 is 0. The van der Waals surface area contributed by atoms with Crippen molar-refractivity contribution in [1.29, 1.82) is 0 Å². The van der Waals surface area contributed by atoms with Gasteiger partial charge in [-0.1, -0.05) is 36.5 Å². The molecule has 0 aromatic heterocycles. The summed E-state index contributed by atoms with van der Waals surface area (Å²) in [6.45, 7) is 6.64. The summed E-state index contributed by atoms with van der Waals surface area (Å²) in [7, 11) is 0. The number of allylic oxidation sites excluding steroid dienone is 6. The van der Waals surface area contributed by atoms with Gasteiger partial charge >= 0.3 is 0 Å². The molecule has 0 aromatic rings. The maximum Gasteiger partial charge on any atom is 0.119 e. The molecule has 2 aliphatic carbocycles. The number of rotatable bonds is 6. The Kier molecular flexibility index (Phi) is 4.63. The first-order valence-electron chi connectivity index (χ1n) is 6.79. The third-order valence-corrected chi connectivity index (χ3v) is 3.41. The Morgan fingerprint density at radius 2 is 2.22 bits per heavy atom. The second-order valence-corrected chi connectivity index (χ2v) is 5.01. The van der Waals surface area contributed by atoms with Crippen LogP contribution in [0.5, 0.6) is 0 Å². The Labute approximate surface area is 110 Å². The molecule has 2 aliphatic rings. The summed E-state index contributed by atoms with van der Waals surface area (Å²) in [5, 5.41) is 0. The average molecular weight is 242 g/mol. The quantitative estimate of drug-likeness (QED) is 0.484. The van der Waals surface area contributed by atoms with Crippen molar-refractivity contribution in [2.45, 2.75) is 32.6 Å². The third-order valence-electron chi connectivity index (χ3n) is 3.41. The second kappa shape index (κ2) is 6.44. The molecular weight excluding hydrogens is 220 g/mol. The van der Waals surface area contributed by atoms with Crippen LogP contribution in [0.15, 0.2) is 59.9 Å². The number of hydrogen-bond donors (Lipinski definition) is 0. The maximum absolute atomic E-state index is 5.76. The molecule has 0 amide bonds. The molecule has 0 radical (unpaired) electrons. The van der Waals surface area contributed by atoms with Gasteiger partial charge in [-0.25, -0.2) is 0 Å². The molecule has 0 saturated heterocycles. The minimum absolute atomic E-state index is 0.644. The van der Waals surface area contributed by atoms with Gasteiger partial charge in [-0.15, -0.1) is 0 Å². The standard InChI is InChI=1S/C17H22O/c1-3-17(12-9-14(2)16-10-11-16)18-13-15-7-5-4-6-8-15/h3,5,7-9,12,16H,1,4,6,10-11,13H2,2H3/b14-9+,17-12+. The maximum atomic E-state index is 5.76. The monoisotopic (exact) mass is 242 g/mol. The molecular formula is C17H22O. The van der Waals surface area contributed by atoms with Crippen LogP contribution in [-0.2, 0) is 4.74 Å². The van der Waals surface area contributed by atoms with E-state index >= 15 is 0 Å². The zero-order valence-corrected chi connectivity index (χ0v) is 11.2. The summed E-state index contributed by atoms with van der Waals surface area (Å²) in [6, 6.07) is 0. The van der Waals surface area contributed by atoms with Gasteiger partial charge < -0.3 is 4.74 Å². The highest BCUT2D eigenvalue weighted by Crippen LogP contribution is 2.36. The molecule has 0 unspecified atom stereocenters. The number of ether oxygens (including phenoxy) is 1. The van der Waals surface area contributed by atoms with Gasteiger partial charge in [0.25, 0.3) is 0 Å². The Hall–Kier alpha value is -1.50. The van der Waals surface area contributed by atoms with Gasteiger partial charge in [0.05, 0.1) is 0 Å². The SMILES string of the molecule is C=C/C(=C\C=C(/C)C1CC1)OCC1=CCCC=C1. The third kappa shape index (κ3) is 4.06. The molecule has 0 bridgehead atoms. The van der Waals surface area contributed by atoms with Gasteiger partial charge in [-0.3, -0.25) is 0 Å². The van der Waals surface area contributed by atoms with Crippen molar-refractivity contribution in [3.05, 3.63) is 59.9 Å². The van der Waals surface area contributed by atoms with Crippen molar-refractivity contribution in [1.82, 2.24) is 0 Å². The largest absolute Gasteiger partial charge is 0.489 e. The van der Waals surface area contributed by atoms with Crippen LogP contribution in [0.25, 0.3) is 0 Å². The van der Waals surface area contributed by atoms with Crippen molar-refractivity contribution in [2.75, 3.05) is 6.61 Å². The van der Waals surface area contributed by atoms with Crippen LogP contribution in [0.1, 0.15) is 32.6 Å². The minimum atomic E-state index is 0.644. The van der Waals surface area contributed by atoms with Crippen LogP contribution in [0, 0.1) is 5.92 Å². The summed E-state index contributed by atoms with van der Waals surface area (Å²) in [4.78, 5) is 0. The molecule has 96 valence electrons. The average Bonchev–Trinajstić information content (AvgIpc) is 3.24. The van der Waals surface area contributed by atoms with E-state index in [2.05, 4.69) is 37.8 Å². The van der Waals surface area contributed by atoms with E-state index in [9.17, 15) is 0 Å². The predicted octanol–water partition coefficient (Wildman–Crippen LogP) is 4.71. The first kappa shape index (κ1) is 12.9. The van der Waals surface area contributed by atoms with Gasteiger partial charge in [0.2, 0.25) is 0 Å². The summed E-state index contributed by atoms with van der Waals surface area (Å²) < 4.78 is 5.76. The molecule has 0 aromatic carbocycles. The molecule has 0 atom stereocenters.